The molecule has 2 unspecified atom stereocenters. The lowest BCUT2D eigenvalue weighted by molar-refractivity contribution is 0.267. The molecule has 0 aromatic heterocycles. The smallest absolute Gasteiger partial charge is 0.0897 e. The van der Waals surface area contributed by atoms with Gasteiger partial charge in [0.15, 0.2) is 0 Å². The maximum atomic E-state index is 5.82. The molecular weight excluding hydrogens is 368 g/mol. The molecule has 0 heterocycles. The van der Waals surface area contributed by atoms with Gasteiger partial charge in [-0.2, -0.15) is 0 Å². The first-order valence-electron chi connectivity index (χ1n) is 8.80. The Kier molecular flexibility index (Phi) is 9.33. The Morgan fingerprint density at radius 2 is 1.87 bits per heavy atom. The second kappa shape index (κ2) is 10.4. The van der Waals surface area contributed by atoms with Crippen LogP contribution in [-0.2, 0) is 0 Å². The van der Waals surface area contributed by atoms with E-state index in [-0.39, 0.29) is 6.04 Å². The Morgan fingerprint density at radius 3 is 2.43 bits per heavy atom. The minimum absolute atomic E-state index is 0.0605. The number of rotatable bonds is 5. The molecule has 1 fully saturated rings. The number of halogens is 1. The molecule has 130 valence electrons. The molecular formula is C19H31BrN2S. The zero-order chi connectivity index (χ0) is 17.4. The Morgan fingerprint density at radius 1 is 1.26 bits per heavy atom. The molecule has 1 aliphatic carbocycles. The van der Waals surface area contributed by atoms with Crippen LogP contribution in [0.25, 0.3) is 0 Å². The lowest BCUT2D eigenvalue weighted by atomic mass is 9.80. The molecule has 2 rings (SSSR count). The van der Waals surface area contributed by atoms with Crippen LogP contribution in [-0.4, -0.2) is 11.0 Å². The third-order valence-electron chi connectivity index (χ3n) is 4.55. The number of hydrogen-bond acceptors (Lipinski definition) is 2. The molecule has 1 saturated carbocycles. The van der Waals surface area contributed by atoms with Crippen molar-refractivity contribution < 1.29 is 0 Å². The van der Waals surface area contributed by atoms with Crippen LogP contribution in [0.5, 0.6) is 0 Å². The van der Waals surface area contributed by atoms with Crippen LogP contribution in [0, 0.1) is 12.8 Å². The van der Waals surface area contributed by atoms with Crippen molar-refractivity contribution in [1.82, 2.24) is 5.32 Å². The van der Waals surface area contributed by atoms with Crippen molar-refractivity contribution in [3.05, 3.63) is 33.8 Å². The van der Waals surface area contributed by atoms with E-state index in [1.165, 1.54) is 43.2 Å². The molecule has 3 N–H and O–H groups in total. The van der Waals surface area contributed by atoms with Gasteiger partial charge >= 0.3 is 0 Å². The number of hydrogen-bond donors (Lipinski definition) is 2. The number of benzene rings is 1. The van der Waals surface area contributed by atoms with Crippen LogP contribution < -0.4 is 11.1 Å². The van der Waals surface area contributed by atoms with E-state index in [1.54, 1.807) is 0 Å². The van der Waals surface area contributed by atoms with E-state index in [0.29, 0.717) is 16.9 Å². The average molecular weight is 399 g/mol. The second-order valence-electron chi connectivity index (χ2n) is 6.17. The molecule has 4 heteroatoms. The largest absolute Gasteiger partial charge is 0.392 e. The van der Waals surface area contributed by atoms with Crippen molar-refractivity contribution in [3.8, 4) is 0 Å². The lowest BCUT2D eigenvalue weighted by Gasteiger charge is -2.34. The average Bonchev–Trinajstić information content (AvgIpc) is 2.57. The van der Waals surface area contributed by atoms with Gasteiger partial charge in [-0.15, -0.1) is 0 Å². The SMILES string of the molecule is CC.Cc1ccc(Br)cc1C(NC(C)C(N)=S)C1CCCCC1. The molecule has 1 aliphatic rings. The third kappa shape index (κ3) is 6.17. The molecule has 1 aromatic rings. The van der Waals surface area contributed by atoms with Gasteiger partial charge in [-0.3, -0.25) is 0 Å². The van der Waals surface area contributed by atoms with Crippen molar-refractivity contribution in [2.45, 2.75) is 71.9 Å². The van der Waals surface area contributed by atoms with E-state index in [4.69, 9.17) is 18.0 Å². The summed E-state index contributed by atoms with van der Waals surface area (Å²) < 4.78 is 1.13. The van der Waals surface area contributed by atoms with Crippen LogP contribution in [0.15, 0.2) is 22.7 Å². The molecule has 0 amide bonds. The van der Waals surface area contributed by atoms with Gasteiger partial charge in [0.25, 0.3) is 0 Å². The highest BCUT2D eigenvalue weighted by molar-refractivity contribution is 9.10. The first-order chi connectivity index (χ1) is 11.0. The minimum atomic E-state index is 0.0605. The summed E-state index contributed by atoms with van der Waals surface area (Å²) in [6.45, 7) is 8.25. The standard InChI is InChI=1S/C17H25BrN2S.C2H6/c1-11-8-9-14(18)10-15(11)16(20-12(2)17(19)21)13-6-4-3-5-7-13;1-2/h8-10,12-13,16,20H,3-7H2,1-2H3,(H2,19,21);1-2H3. The third-order valence-corrected chi connectivity index (χ3v) is 5.40. The molecule has 0 saturated heterocycles. The molecule has 23 heavy (non-hydrogen) atoms. The van der Waals surface area contributed by atoms with E-state index in [2.05, 4.69) is 53.3 Å². The van der Waals surface area contributed by atoms with Crippen LogP contribution in [0.1, 0.15) is 70.0 Å². The van der Waals surface area contributed by atoms with E-state index >= 15 is 0 Å². The van der Waals surface area contributed by atoms with E-state index in [9.17, 15) is 0 Å². The Hall–Kier alpha value is -0.450. The van der Waals surface area contributed by atoms with E-state index in [0.717, 1.165) is 4.47 Å². The van der Waals surface area contributed by atoms with E-state index in [1.807, 2.05) is 13.8 Å². The predicted octanol–water partition coefficient (Wildman–Crippen LogP) is 5.67. The summed E-state index contributed by atoms with van der Waals surface area (Å²) in [6, 6.07) is 6.92. The van der Waals surface area contributed by atoms with Gasteiger partial charge in [0.1, 0.15) is 0 Å². The topological polar surface area (TPSA) is 38.0 Å². The summed E-state index contributed by atoms with van der Waals surface area (Å²) in [7, 11) is 0. The van der Waals surface area contributed by atoms with Crippen LogP contribution in [0.2, 0.25) is 0 Å². The monoisotopic (exact) mass is 398 g/mol. The first-order valence-corrected chi connectivity index (χ1v) is 10.0. The highest BCUT2D eigenvalue weighted by atomic mass is 79.9. The van der Waals surface area contributed by atoms with Gasteiger partial charge in [-0.05, 0) is 55.9 Å². The van der Waals surface area contributed by atoms with Crippen molar-refractivity contribution in [1.29, 1.82) is 0 Å². The predicted molar refractivity (Wildman–Crippen MR) is 109 cm³/mol. The van der Waals surface area contributed by atoms with Gasteiger partial charge in [-0.25, -0.2) is 0 Å². The summed E-state index contributed by atoms with van der Waals surface area (Å²) >= 11 is 8.76. The maximum absolute atomic E-state index is 5.82. The summed E-state index contributed by atoms with van der Waals surface area (Å²) in [4.78, 5) is 0.545. The molecule has 1 aromatic carbocycles. The number of aryl methyl sites for hydroxylation is 1. The summed E-state index contributed by atoms with van der Waals surface area (Å²) in [6.07, 6.45) is 6.60. The number of nitrogens with two attached hydrogens (primary N) is 1. The van der Waals surface area contributed by atoms with Gasteiger partial charge in [0.05, 0.1) is 11.0 Å². The summed E-state index contributed by atoms with van der Waals surface area (Å²) in [5.41, 5.74) is 8.52. The zero-order valence-corrected chi connectivity index (χ0v) is 17.3. The van der Waals surface area contributed by atoms with Crippen molar-refractivity contribution in [2.75, 3.05) is 0 Å². The fourth-order valence-electron chi connectivity index (χ4n) is 3.25. The van der Waals surface area contributed by atoms with Crippen molar-refractivity contribution in [3.63, 3.8) is 0 Å². The van der Waals surface area contributed by atoms with Crippen LogP contribution in [0.4, 0.5) is 0 Å². The van der Waals surface area contributed by atoms with Gasteiger partial charge in [-0.1, -0.05) is 67.3 Å². The van der Waals surface area contributed by atoms with Crippen LogP contribution >= 0.6 is 28.1 Å². The van der Waals surface area contributed by atoms with Crippen molar-refractivity contribution >= 4 is 33.1 Å². The van der Waals surface area contributed by atoms with Gasteiger partial charge < -0.3 is 11.1 Å². The summed E-state index contributed by atoms with van der Waals surface area (Å²) in [5, 5.41) is 3.68. The Bertz CT molecular complexity index is 498. The number of nitrogens with one attached hydrogen (secondary N) is 1. The first kappa shape index (κ1) is 20.6. The molecule has 0 bridgehead atoms. The quantitative estimate of drug-likeness (QED) is 0.627. The summed E-state index contributed by atoms with van der Waals surface area (Å²) in [5.74, 6) is 0.670. The maximum Gasteiger partial charge on any atom is 0.0897 e. The highest BCUT2D eigenvalue weighted by Crippen LogP contribution is 2.36. The van der Waals surface area contributed by atoms with Crippen LogP contribution in [0.3, 0.4) is 0 Å². The Labute approximate surface area is 155 Å². The Balaban J connectivity index is 0.00000127. The van der Waals surface area contributed by atoms with Crippen molar-refractivity contribution in [2.24, 2.45) is 11.7 Å². The fourth-order valence-corrected chi connectivity index (χ4v) is 3.69. The van der Waals surface area contributed by atoms with E-state index < -0.39 is 0 Å². The van der Waals surface area contributed by atoms with Gasteiger partial charge in [0, 0.05) is 10.5 Å². The van der Waals surface area contributed by atoms with Gasteiger partial charge in [0.2, 0.25) is 0 Å². The lowest BCUT2D eigenvalue weighted by Crippen LogP contribution is -2.42. The highest BCUT2D eigenvalue weighted by Gasteiger charge is 2.27. The zero-order valence-electron chi connectivity index (χ0n) is 14.9. The minimum Gasteiger partial charge on any atom is -0.392 e. The normalized spacial score (nSPS) is 17.8. The number of thiocarbonyl (C=S) groups is 1. The molecule has 2 atom stereocenters. The molecule has 0 aliphatic heterocycles. The molecule has 2 nitrogen and oxygen atoms in total. The molecule has 0 spiro atoms. The molecule has 0 radical (unpaired) electrons. The second-order valence-corrected chi connectivity index (χ2v) is 7.55. The fraction of sp³-hybridized carbons (Fsp3) is 0.632.